The number of pyridine rings is 1. The van der Waals surface area contributed by atoms with E-state index in [1.165, 1.54) is 6.21 Å². The van der Waals surface area contributed by atoms with E-state index in [1.807, 2.05) is 18.2 Å². The summed E-state index contributed by atoms with van der Waals surface area (Å²) in [7, 11) is 0. The van der Waals surface area contributed by atoms with Gasteiger partial charge in [0, 0.05) is 10.7 Å². The fraction of sp³-hybridized carbons (Fsp3) is 0.0714. The van der Waals surface area contributed by atoms with Crippen LogP contribution in [0.2, 0.25) is 0 Å². The van der Waals surface area contributed by atoms with E-state index in [-0.39, 0.29) is 11.4 Å². The lowest BCUT2D eigenvalue weighted by Crippen LogP contribution is -2.14. The lowest BCUT2D eigenvalue weighted by Gasteiger charge is -2.04. The van der Waals surface area contributed by atoms with E-state index >= 15 is 0 Å². The molecule has 2 rings (SSSR count). The van der Waals surface area contributed by atoms with E-state index in [9.17, 15) is 9.90 Å². The molecule has 0 aliphatic carbocycles. The summed E-state index contributed by atoms with van der Waals surface area (Å²) in [6.07, 6.45) is 1.42. The summed E-state index contributed by atoms with van der Waals surface area (Å²) in [4.78, 5) is 17.9. The highest BCUT2D eigenvalue weighted by molar-refractivity contribution is 9.10. The van der Waals surface area contributed by atoms with Gasteiger partial charge in [0.15, 0.2) is 0 Å². The fourth-order valence-corrected chi connectivity index (χ4v) is 1.94. The van der Waals surface area contributed by atoms with Gasteiger partial charge >= 0.3 is 0 Å². The van der Waals surface area contributed by atoms with E-state index in [2.05, 4.69) is 25.9 Å². The van der Waals surface area contributed by atoms with Crippen LogP contribution in [-0.2, 0) is 0 Å². The molecule has 2 N–H and O–H groups in total. The molecule has 0 aliphatic rings. The Kier molecular flexibility index (Phi) is 4.01. The normalized spacial score (nSPS) is 10.7. The van der Waals surface area contributed by atoms with Crippen molar-refractivity contribution in [3.63, 3.8) is 0 Å². The largest absolute Gasteiger partial charge is 0.494 e. The van der Waals surface area contributed by atoms with E-state index in [1.54, 1.807) is 19.1 Å². The summed E-state index contributed by atoms with van der Waals surface area (Å²) in [6.45, 7) is 1.59. The van der Waals surface area contributed by atoms with Gasteiger partial charge in [0.05, 0.1) is 11.3 Å². The Morgan fingerprint density at radius 2 is 2.05 bits per heavy atom. The van der Waals surface area contributed by atoms with Gasteiger partial charge in [-0.05, 0) is 36.8 Å². The van der Waals surface area contributed by atoms with Crippen molar-refractivity contribution < 1.29 is 5.11 Å². The number of aliphatic imine (C=N–C) groups is 1. The van der Waals surface area contributed by atoms with Gasteiger partial charge < -0.3 is 5.11 Å². The molecule has 0 amide bonds. The molecule has 1 aromatic carbocycles. The molecule has 0 spiro atoms. The number of benzene rings is 1. The Hall–Kier alpha value is -2.39. The molecule has 0 saturated carbocycles. The summed E-state index contributed by atoms with van der Waals surface area (Å²) in [6, 6.07) is 9.09. The molecule has 20 heavy (non-hydrogen) atoms. The van der Waals surface area contributed by atoms with Crippen molar-refractivity contribution in [1.29, 1.82) is 5.26 Å². The number of H-pyrrole nitrogens is 1. The smallest absolute Gasteiger partial charge is 0.268 e. The molecule has 2 aromatic rings. The highest BCUT2D eigenvalue weighted by atomic mass is 79.9. The summed E-state index contributed by atoms with van der Waals surface area (Å²) < 4.78 is 0.936. The standard InChI is InChI=1S/C14H10BrN3O2/c1-8-11(6-16)13(19)18-14(20)12(8)7-17-10-4-2-9(15)3-5-10/h2-5,7H,1H3,(H2,18,19,20). The zero-order chi connectivity index (χ0) is 14.7. The van der Waals surface area contributed by atoms with Crippen molar-refractivity contribution in [2.75, 3.05) is 0 Å². The third-order valence-electron chi connectivity index (χ3n) is 2.77. The maximum atomic E-state index is 11.5. The van der Waals surface area contributed by atoms with Crippen molar-refractivity contribution in [2.45, 2.75) is 6.92 Å². The first-order chi connectivity index (χ1) is 9.52. The molecule has 1 aromatic heterocycles. The van der Waals surface area contributed by atoms with Gasteiger partial charge in [-0.15, -0.1) is 0 Å². The van der Waals surface area contributed by atoms with Crippen LogP contribution in [0.1, 0.15) is 16.7 Å². The molecule has 0 bridgehead atoms. The van der Waals surface area contributed by atoms with E-state index in [0.717, 1.165) is 4.47 Å². The number of halogens is 1. The number of hydrogen-bond donors (Lipinski definition) is 2. The average Bonchev–Trinajstić information content (AvgIpc) is 2.40. The number of aromatic nitrogens is 1. The number of hydrogen-bond acceptors (Lipinski definition) is 4. The molecule has 100 valence electrons. The van der Waals surface area contributed by atoms with E-state index < -0.39 is 5.56 Å². The molecule has 0 fully saturated rings. The monoisotopic (exact) mass is 331 g/mol. The van der Waals surface area contributed by atoms with Crippen LogP contribution in [-0.4, -0.2) is 16.3 Å². The number of nitriles is 1. The SMILES string of the molecule is Cc1c(C=Nc2ccc(Br)cc2)c(O)[nH]c(=O)c1C#N. The molecule has 0 aliphatic heterocycles. The predicted molar refractivity (Wildman–Crippen MR) is 79.6 cm³/mol. The van der Waals surface area contributed by atoms with Crippen LogP contribution in [0.3, 0.4) is 0 Å². The molecule has 0 radical (unpaired) electrons. The molecule has 5 nitrogen and oxygen atoms in total. The third kappa shape index (κ3) is 2.78. The molecule has 1 heterocycles. The summed E-state index contributed by atoms with van der Waals surface area (Å²) >= 11 is 3.32. The number of aromatic amines is 1. The van der Waals surface area contributed by atoms with E-state index in [4.69, 9.17) is 5.26 Å². The van der Waals surface area contributed by atoms with Gasteiger partial charge in [-0.3, -0.25) is 14.8 Å². The molecule has 0 saturated heterocycles. The van der Waals surface area contributed by atoms with Crippen molar-refractivity contribution >= 4 is 27.8 Å². The lowest BCUT2D eigenvalue weighted by molar-refractivity contribution is 0.450. The Labute approximate surface area is 123 Å². The van der Waals surface area contributed by atoms with Crippen molar-refractivity contribution in [3.8, 4) is 11.9 Å². The van der Waals surface area contributed by atoms with Crippen molar-refractivity contribution in [3.05, 3.63) is 55.8 Å². The Morgan fingerprint density at radius 1 is 1.40 bits per heavy atom. The molecule has 0 atom stereocenters. The number of nitrogens with one attached hydrogen (secondary N) is 1. The second kappa shape index (κ2) is 5.72. The van der Waals surface area contributed by atoms with Crippen LogP contribution >= 0.6 is 15.9 Å². The molecule has 0 unspecified atom stereocenters. The number of aromatic hydroxyl groups is 1. The first kappa shape index (κ1) is 14.0. The van der Waals surface area contributed by atoms with Gasteiger partial charge in [0.25, 0.3) is 5.56 Å². The minimum atomic E-state index is -0.608. The minimum Gasteiger partial charge on any atom is -0.494 e. The molecule has 6 heteroatoms. The first-order valence-corrected chi connectivity index (χ1v) is 6.48. The van der Waals surface area contributed by atoms with Crippen LogP contribution in [0.5, 0.6) is 5.88 Å². The van der Waals surface area contributed by atoms with Gasteiger partial charge in [-0.25, -0.2) is 0 Å². The van der Waals surface area contributed by atoms with Crippen LogP contribution in [0.15, 0.2) is 38.5 Å². The number of nitrogens with zero attached hydrogens (tertiary/aromatic N) is 2. The number of rotatable bonds is 2. The summed E-state index contributed by atoms with van der Waals surface area (Å²) in [5.74, 6) is -0.299. The quantitative estimate of drug-likeness (QED) is 0.829. The van der Waals surface area contributed by atoms with Crippen LogP contribution < -0.4 is 5.56 Å². The van der Waals surface area contributed by atoms with Gasteiger partial charge in [0.2, 0.25) is 5.88 Å². The Bertz CT molecular complexity index is 771. The topological polar surface area (TPSA) is 89.2 Å². The van der Waals surface area contributed by atoms with Gasteiger partial charge in [-0.1, -0.05) is 15.9 Å². The lowest BCUT2D eigenvalue weighted by atomic mass is 10.1. The van der Waals surface area contributed by atoms with Crippen LogP contribution in [0.25, 0.3) is 0 Å². The average molecular weight is 332 g/mol. The summed E-state index contributed by atoms with van der Waals surface area (Å²) in [5, 5.41) is 18.7. The molecular formula is C14H10BrN3O2. The fourth-order valence-electron chi connectivity index (χ4n) is 1.68. The zero-order valence-corrected chi connectivity index (χ0v) is 12.1. The second-order valence-corrected chi connectivity index (χ2v) is 4.98. The molecular weight excluding hydrogens is 322 g/mol. The third-order valence-corrected chi connectivity index (χ3v) is 3.30. The predicted octanol–water partition coefficient (Wildman–Crippen LogP) is 2.77. The van der Waals surface area contributed by atoms with Crippen molar-refractivity contribution in [1.82, 2.24) is 4.98 Å². The van der Waals surface area contributed by atoms with Crippen molar-refractivity contribution in [2.24, 2.45) is 4.99 Å². The highest BCUT2D eigenvalue weighted by Gasteiger charge is 2.12. The summed E-state index contributed by atoms with van der Waals surface area (Å²) in [5.41, 5.74) is 0.777. The van der Waals surface area contributed by atoms with E-state index in [0.29, 0.717) is 16.8 Å². The Balaban J connectivity index is 2.46. The Morgan fingerprint density at radius 3 is 2.65 bits per heavy atom. The first-order valence-electron chi connectivity index (χ1n) is 5.68. The zero-order valence-electron chi connectivity index (χ0n) is 10.5. The maximum Gasteiger partial charge on any atom is 0.268 e. The van der Waals surface area contributed by atoms with Gasteiger partial charge in [0.1, 0.15) is 11.6 Å². The highest BCUT2D eigenvalue weighted by Crippen LogP contribution is 2.20. The van der Waals surface area contributed by atoms with Crippen LogP contribution in [0.4, 0.5) is 5.69 Å². The minimum absolute atomic E-state index is 0.0277. The maximum absolute atomic E-state index is 11.5. The second-order valence-electron chi connectivity index (χ2n) is 4.06. The van der Waals surface area contributed by atoms with Crippen LogP contribution in [0, 0.1) is 18.3 Å². The van der Waals surface area contributed by atoms with Gasteiger partial charge in [-0.2, -0.15) is 5.26 Å².